The van der Waals surface area contributed by atoms with Gasteiger partial charge in [0.2, 0.25) is 11.9 Å². The molecule has 0 spiro atoms. The number of unbranched alkanes of at least 4 members (excludes halogenated alkanes) is 14. The summed E-state index contributed by atoms with van der Waals surface area (Å²) < 4.78 is 63.1. The number of phosphoric acid groups is 1. The zero-order chi connectivity index (χ0) is 46.9. The number of hydrogen-bond donors (Lipinski definition) is 3. The van der Waals surface area contributed by atoms with Gasteiger partial charge in [-0.05, 0) is 6.42 Å². The highest BCUT2D eigenvalue weighted by molar-refractivity contribution is 7.48. The Balaban J connectivity index is 1.35. The number of aromatic nitrogens is 6. The van der Waals surface area contributed by atoms with Crippen LogP contribution in [0.3, 0.4) is 0 Å². The number of aromatic amines is 2. The van der Waals surface area contributed by atoms with Crippen molar-refractivity contribution in [2.45, 2.75) is 153 Å². The zero-order valence-electron chi connectivity index (χ0n) is 38.9. The fraction of sp³-hybridized carbons (Fsp3) is 0.767. The second-order valence-corrected chi connectivity index (χ2v) is 18.7. The Hall–Kier alpha value is -3.79. The van der Waals surface area contributed by atoms with Crippen LogP contribution in [0.2, 0.25) is 0 Å². The molecule has 3 aromatic heterocycles. The number of imidazole rings is 1. The summed E-state index contributed by atoms with van der Waals surface area (Å²) in [7, 11) is 2.59. The summed E-state index contributed by atoms with van der Waals surface area (Å²) in [5.41, 5.74) is 4.22. The van der Waals surface area contributed by atoms with E-state index < -0.39 is 73.5 Å². The first-order valence-corrected chi connectivity index (χ1v) is 24.4. The fourth-order valence-corrected chi connectivity index (χ4v) is 9.81. The van der Waals surface area contributed by atoms with Gasteiger partial charge < -0.3 is 34.3 Å². The highest BCUT2D eigenvalue weighted by atomic mass is 31.2. The van der Waals surface area contributed by atoms with Crippen molar-refractivity contribution < 1.29 is 46.6 Å². The van der Waals surface area contributed by atoms with Crippen molar-refractivity contribution in [1.29, 1.82) is 0 Å². The molecule has 0 aliphatic carbocycles. The molecule has 0 radical (unpaired) electrons. The van der Waals surface area contributed by atoms with Crippen LogP contribution in [0.15, 0.2) is 33.0 Å². The molecule has 2 saturated heterocycles. The van der Waals surface area contributed by atoms with E-state index in [2.05, 4.69) is 26.9 Å². The summed E-state index contributed by atoms with van der Waals surface area (Å²) in [5.74, 6) is -1.02. The second kappa shape index (κ2) is 25.9. The number of H-pyrrole nitrogens is 2. The minimum absolute atomic E-state index is 0.00233. The summed E-state index contributed by atoms with van der Waals surface area (Å²) in [4.78, 5) is 67.2. The minimum atomic E-state index is -4.18. The lowest BCUT2D eigenvalue weighted by Gasteiger charge is -2.31. The molecule has 3 aromatic rings. The number of carbonyl (C=O) groups excluding carboxylic acids is 1. The molecule has 4 N–H and O–H groups in total. The maximum atomic E-state index is 14.8. The van der Waals surface area contributed by atoms with Gasteiger partial charge in [0, 0.05) is 73.2 Å². The van der Waals surface area contributed by atoms with E-state index in [1.807, 2.05) is 0 Å². The molecule has 21 nitrogen and oxygen atoms in total. The van der Waals surface area contributed by atoms with Gasteiger partial charge in [0.15, 0.2) is 23.6 Å². The SMILES string of the molecule is CCCCCCCCCCCCCCCCCN(C[C@H]1O[C@@H](n2cnc3c(=O)[nH]c(N)nc32)C(OC)C1OP(=O)(OC)OC)C(=O)CC1C(OC)[C@H](n2ccc(=O)[nH]c2=O)O[C@@H]1COC. The number of nitrogen functional groups attached to an aromatic ring is 1. The van der Waals surface area contributed by atoms with Crippen LogP contribution in [0, 0.1) is 5.92 Å². The fourth-order valence-electron chi connectivity index (χ4n) is 8.93. The molecule has 4 unspecified atom stereocenters. The highest BCUT2D eigenvalue weighted by Gasteiger charge is 2.52. The molecule has 366 valence electrons. The van der Waals surface area contributed by atoms with E-state index in [0.29, 0.717) is 13.0 Å². The van der Waals surface area contributed by atoms with E-state index in [1.54, 1.807) is 4.90 Å². The van der Waals surface area contributed by atoms with Crippen molar-refractivity contribution in [2.24, 2.45) is 5.92 Å². The molecule has 22 heteroatoms. The predicted molar refractivity (Wildman–Crippen MR) is 241 cm³/mol. The molecule has 65 heavy (non-hydrogen) atoms. The Morgan fingerprint density at radius 1 is 0.800 bits per heavy atom. The van der Waals surface area contributed by atoms with Gasteiger partial charge in [0.25, 0.3) is 11.1 Å². The molecule has 5 heterocycles. The van der Waals surface area contributed by atoms with Crippen molar-refractivity contribution in [3.63, 3.8) is 0 Å². The first kappa shape index (κ1) is 52.2. The van der Waals surface area contributed by atoms with Crippen LogP contribution in [0.5, 0.6) is 0 Å². The largest absolute Gasteiger partial charge is 0.474 e. The lowest BCUT2D eigenvalue weighted by molar-refractivity contribution is -0.137. The number of carbonyl (C=O) groups is 1. The van der Waals surface area contributed by atoms with Crippen molar-refractivity contribution >= 4 is 30.8 Å². The Morgan fingerprint density at radius 3 is 1.95 bits per heavy atom. The van der Waals surface area contributed by atoms with Crippen LogP contribution < -0.4 is 22.5 Å². The van der Waals surface area contributed by atoms with E-state index in [4.69, 9.17) is 43.0 Å². The molecule has 8 atom stereocenters. The highest BCUT2D eigenvalue weighted by Crippen LogP contribution is 2.52. The van der Waals surface area contributed by atoms with Gasteiger partial charge in [-0.1, -0.05) is 96.8 Å². The van der Waals surface area contributed by atoms with Gasteiger partial charge in [-0.25, -0.2) is 14.3 Å². The Bertz CT molecular complexity index is 2140. The van der Waals surface area contributed by atoms with E-state index in [1.165, 1.54) is 127 Å². The quantitative estimate of drug-likeness (QED) is 0.0572. The van der Waals surface area contributed by atoms with Crippen molar-refractivity contribution in [3.8, 4) is 0 Å². The zero-order valence-corrected chi connectivity index (χ0v) is 39.7. The molecule has 1 amide bonds. The number of nitrogens with two attached hydrogens (primary N) is 1. The van der Waals surface area contributed by atoms with Gasteiger partial charge in [0.1, 0.15) is 24.4 Å². The lowest BCUT2D eigenvalue weighted by atomic mass is 9.93. The topological polar surface area (TPSA) is 256 Å². The maximum Gasteiger partial charge on any atom is 0.474 e. The number of hydrogen-bond acceptors (Lipinski definition) is 16. The number of nitrogens with one attached hydrogen (secondary N) is 2. The average Bonchev–Trinajstić information content (AvgIpc) is 3.97. The molecule has 2 fully saturated rings. The molecular formula is C43H71N8O13P. The normalized spacial score (nSPS) is 23.5. The van der Waals surface area contributed by atoms with Crippen molar-refractivity contribution in [2.75, 3.05) is 61.0 Å². The number of fused-ring (bicyclic) bond motifs is 1. The van der Waals surface area contributed by atoms with Crippen LogP contribution in [0.4, 0.5) is 5.95 Å². The molecule has 0 aromatic carbocycles. The standard InChI is InChI=1S/C43H71N8O13P/c1-7-8-9-10-11-12-13-14-15-16-17-18-19-20-21-23-49(33(53)25-29-31(27-57-2)63-40(35(29)58-3)50-24-22-32(52)46-43(50)55)26-30-36(64-65(56,60-5)61-6)37(59-4)41(62-30)51-28-45-34-38(51)47-42(44)48-39(34)54/h22,24,28-31,35-37,40-41H,7-21,23,25-27H2,1-6H3,(H,46,52,55)(H3,44,47,48,54)/t29?,30-,31-,35?,36?,37?,40-,41-/m1/s1. The third-order valence-electron chi connectivity index (χ3n) is 12.4. The predicted octanol–water partition coefficient (Wildman–Crippen LogP) is 5.22. The molecule has 5 rings (SSSR count). The first-order valence-electron chi connectivity index (χ1n) is 23.0. The summed E-state index contributed by atoms with van der Waals surface area (Å²) in [6, 6.07) is 1.21. The van der Waals surface area contributed by atoms with Gasteiger partial charge in [-0.2, -0.15) is 4.98 Å². The number of rotatable bonds is 30. The number of nitrogens with zero attached hydrogens (tertiary/aromatic N) is 5. The van der Waals surface area contributed by atoms with Gasteiger partial charge >= 0.3 is 13.5 Å². The summed E-state index contributed by atoms with van der Waals surface area (Å²) in [5, 5.41) is 0. The molecule has 0 bridgehead atoms. The third-order valence-corrected chi connectivity index (χ3v) is 13.8. The molecule has 2 aliphatic heterocycles. The van der Waals surface area contributed by atoms with Crippen LogP contribution in [0.25, 0.3) is 11.2 Å². The molecule has 0 saturated carbocycles. The van der Waals surface area contributed by atoms with Crippen LogP contribution in [0.1, 0.15) is 122 Å². The van der Waals surface area contributed by atoms with Crippen molar-refractivity contribution in [1.82, 2.24) is 34.0 Å². The van der Waals surface area contributed by atoms with Gasteiger partial charge in [-0.15, -0.1) is 0 Å². The van der Waals surface area contributed by atoms with E-state index in [-0.39, 0.29) is 42.6 Å². The van der Waals surface area contributed by atoms with E-state index in [0.717, 1.165) is 25.7 Å². The van der Waals surface area contributed by atoms with Crippen LogP contribution >= 0.6 is 7.82 Å². The molecule has 2 aliphatic rings. The smallest absolute Gasteiger partial charge is 0.382 e. The Labute approximate surface area is 379 Å². The minimum Gasteiger partial charge on any atom is -0.382 e. The van der Waals surface area contributed by atoms with Gasteiger partial charge in [0.05, 0.1) is 19.0 Å². The first-order chi connectivity index (χ1) is 31.4. The van der Waals surface area contributed by atoms with E-state index in [9.17, 15) is 23.7 Å². The third kappa shape index (κ3) is 13.9. The number of amides is 1. The van der Waals surface area contributed by atoms with Crippen LogP contribution in [-0.4, -0.2) is 126 Å². The number of anilines is 1. The monoisotopic (exact) mass is 938 g/mol. The second-order valence-electron chi connectivity index (χ2n) is 16.8. The number of methoxy groups -OCH3 is 3. The summed E-state index contributed by atoms with van der Waals surface area (Å²) in [6.07, 6.45) is 13.7. The average molecular weight is 939 g/mol. The van der Waals surface area contributed by atoms with Gasteiger partial charge in [-0.3, -0.25) is 47.1 Å². The maximum absolute atomic E-state index is 14.8. The number of ether oxygens (including phenoxy) is 5. The van der Waals surface area contributed by atoms with E-state index >= 15 is 0 Å². The summed E-state index contributed by atoms with van der Waals surface area (Å²) >= 11 is 0. The number of phosphoric ester groups is 1. The Morgan fingerprint density at radius 2 is 1.38 bits per heavy atom. The Kier molecular flexibility index (Phi) is 20.8. The molecular weight excluding hydrogens is 867 g/mol. The lowest BCUT2D eigenvalue weighted by Crippen LogP contribution is -2.46. The summed E-state index contributed by atoms with van der Waals surface area (Å²) in [6.45, 7) is 2.61. The van der Waals surface area contributed by atoms with Crippen molar-refractivity contribution in [3.05, 3.63) is 49.8 Å². The van der Waals surface area contributed by atoms with Crippen LogP contribution in [-0.2, 0) is 46.6 Å².